The minimum absolute atomic E-state index is 0.612. The van der Waals surface area contributed by atoms with Crippen molar-refractivity contribution in [1.82, 2.24) is 0 Å². The van der Waals surface area contributed by atoms with Crippen molar-refractivity contribution in [3.05, 3.63) is 58.4 Å². The number of aromatic nitrogens is 1. The topological polar surface area (TPSA) is 26.9 Å². The van der Waals surface area contributed by atoms with E-state index in [1.165, 1.54) is 6.20 Å². The van der Waals surface area contributed by atoms with Crippen molar-refractivity contribution in [2.45, 2.75) is 6.92 Å². The lowest BCUT2D eigenvalue weighted by molar-refractivity contribution is -0.594. The van der Waals surface area contributed by atoms with Gasteiger partial charge in [0.25, 0.3) is 0 Å². The SMILES string of the molecule is Cc1c(Cl)cc[n+]([O-])c1-c1ccccc1. The molecule has 0 spiro atoms. The van der Waals surface area contributed by atoms with E-state index in [1.54, 1.807) is 6.07 Å². The molecule has 2 nitrogen and oxygen atoms in total. The molecule has 0 saturated carbocycles. The highest BCUT2D eigenvalue weighted by Gasteiger charge is 2.14. The van der Waals surface area contributed by atoms with Crippen LogP contribution in [0.25, 0.3) is 11.3 Å². The predicted molar refractivity (Wildman–Crippen MR) is 60.6 cm³/mol. The van der Waals surface area contributed by atoms with Crippen molar-refractivity contribution in [3.63, 3.8) is 0 Å². The van der Waals surface area contributed by atoms with Gasteiger partial charge in [-0.3, -0.25) is 0 Å². The molecule has 0 aliphatic carbocycles. The van der Waals surface area contributed by atoms with Gasteiger partial charge in [0, 0.05) is 17.2 Å². The third-order valence-corrected chi connectivity index (χ3v) is 2.75. The Balaban J connectivity index is 2.68. The maximum Gasteiger partial charge on any atom is 0.228 e. The first kappa shape index (κ1) is 9.99. The largest absolute Gasteiger partial charge is 0.618 e. The highest BCUT2D eigenvalue weighted by Crippen LogP contribution is 2.24. The number of halogens is 1. The molecule has 0 atom stereocenters. The lowest BCUT2D eigenvalue weighted by Crippen LogP contribution is -2.29. The molecule has 3 heteroatoms. The normalized spacial score (nSPS) is 10.3. The highest BCUT2D eigenvalue weighted by molar-refractivity contribution is 6.31. The summed E-state index contributed by atoms with van der Waals surface area (Å²) in [4.78, 5) is 0. The van der Waals surface area contributed by atoms with Gasteiger partial charge in [-0.15, -0.1) is 0 Å². The summed E-state index contributed by atoms with van der Waals surface area (Å²) in [5, 5.41) is 12.3. The fourth-order valence-corrected chi connectivity index (χ4v) is 1.70. The predicted octanol–water partition coefficient (Wildman–Crippen LogP) is 2.95. The van der Waals surface area contributed by atoms with Gasteiger partial charge in [0.05, 0.1) is 5.02 Å². The van der Waals surface area contributed by atoms with Gasteiger partial charge in [0.2, 0.25) is 5.69 Å². The minimum atomic E-state index is 0.612. The van der Waals surface area contributed by atoms with Gasteiger partial charge in [-0.05, 0) is 19.1 Å². The van der Waals surface area contributed by atoms with Gasteiger partial charge in [0.1, 0.15) is 0 Å². The van der Waals surface area contributed by atoms with Gasteiger partial charge in [-0.25, -0.2) is 0 Å². The molecule has 76 valence electrons. The van der Waals surface area contributed by atoms with Crippen LogP contribution < -0.4 is 4.73 Å². The number of benzene rings is 1. The number of hydrogen-bond donors (Lipinski definition) is 0. The van der Waals surface area contributed by atoms with Crippen molar-refractivity contribution in [1.29, 1.82) is 0 Å². The number of rotatable bonds is 1. The van der Waals surface area contributed by atoms with E-state index >= 15 is 0 Å². The summed E-state index contributed by atoms with van der Waals surface area (Å²) in [6.45, 7) is 1.85. The van der Waals surface area contributed by atoms with E-state index in [9.17, 15) is 5.21 Å². The fraction of sp³-hybridized carbons (Fsp3) is 0.0833. The maximum atomic E-state index is 11.7. The summed E-state index contributed by atoms with van der Waals surface area (Å²) in [5.41, 5.74) is 2.30. The van der Waals surface area contributed by atoms with Crippen molar-refractivity contribution >= 4 is 11.6 Å². The van der Waals surface area contributed by atoms with E-state index in [4.69, 9.17) is 11.6 Å². The molecule has 0 aliphatic rings. The number of nitrogens with zero attached hydrogens (tertiary/aromatic N) is 1. The first-order chi connectivity index (χ1) is 7.20. The highest BCUT2D eigenvalue weighted by atomic mass is 35.5. The minimum Gasteiger partial charge on any atom is -0.618 e. The van der Waals surface area contributed by atoms with Crippen LogP contribution in [-0.4, -0.2) is 0 Å². The molecule has 0 amide bonds. The summed E-state index contributed by atoms with van der Waals surface area (Å²) < 4.78 is 0.844. The van der Waals surface area contributed by atoms with Crippen LogP contribution >= 0.6 is 11.6 Å². The molecule has 15 heavy (non-hydrogen) atoms. The molecule has 1 aromatic heterocycles. The second-order valence-corrected chi connectivity index (χ2v) is 3.74. The summed E-state index contributed by atoms with van der Waals surface area (Å²) in [7, 11) is 0. The Morgan fingerprint density at radius 3 is 2.47 bits per heavy atom. The van der Waals surface area contributed by atoms with Crippen LogP contribution in [0.3, 0.4) is 0 Å². The van der Waals surface area contributed by atoms with E-state index in [0.717, 1.165) is 15.9 Å². The lowest BCUT2D eigenvalue weighted by Gasteiger charge is -2.08. The molecule has 0 N–H and O–H groups in total. The molecule has 1 heterocycles. The van der Waals surface area contributed by atoms with Crippen molar-refractivity contribution in [2.24, 2.45) is 0 Å². The molecular weight excluding hydrogens is 210 g/mol. The zero-order valence-electron chi connectivity index (χ0n) is 8.27. The summed E-state index contributed by atoms with van der Waals surface area (Å²) in [6.07, 6.45) is 1.43. The molecule has 2 aromatic rings. The second kappa shape index (κ2) is 3.91. The number of hydrogen-bond acceptors (Lipinski definition) is 1. The molecule has 1 aromatic carbocycles. The van der Waals surface area contributed by atoms with E-state index in [2.05, 4.69) is 0 Å². The zero-order valence-corrected chi connectivity index (χ0v) is 9.03. The lowest BCUT2D eigenvalue weighted by atomic mass is 10.1. The first-order valence-corrected chi connectivity index (χ1v) is 5.01. The van der Waals surface area contributed by atoms with Crippen molar-refractivity contribution in [3.8, 4) is 11.3 Å². The van der Waals surface area contributed by atoms with Gasteiger partial charge < -0.3 is 5.21 Å². The first-order valence-electron chi connectivity index (χ1n) is 4.64. The van der Waals surface area contributed by atoms with Gasteiger partial charge in [0.15, 0.2) is 6.20 Å². The number of pyridine rings is 1. The average molecular weight is 220 g/mol. The summed E-state index contributed by atoms with van der Waals surface area (Å²) in [6, 6.07) is 11.1. The van der Waals surface area contributed by atoms with E-state index < -0.39 is 0 Å². The molecule has 0 saturated heterocycles. The Morgan fingerprint density at radius 2 is 1.80 bits per heavy atom. The van der Waals surface area contributed by atoms with Crippen LogP contribution in [0.1, 0.15) is 5.56 Å². The van der Waals surface area contributed by atoms with Gasteiger partial charge >= 0.3 is 0 Å². The van der Waals surface area contributed by atoms with Gasteiger partial charge in [-0.2, -0.15) is 4.73 Å². The molecule has 0 radical (unpaired) electrons. The summed E-state index contributed by atoms with van der Waals surface area (Å²) >= 11 is 5.98. The van der Waals surface area contributed by atoms with E-state index in [-0.39, 0.29) is 0 Å². The van der Waals surface area contributed by atoms with Gasteiger partial charge in [-0.1, -0.05) is 29.8 Å². The third-order valence-electron chi connectivity index (χ3n) is 2.34. The Labute approximate surface area is 93.3 Å². The fourth-order valence-electron chi connectivity index (χ4n) is 1.55. The van der Waals surface area contributed by atoms with E-state index in [0.29, 0.717) is 10.7 Å². The quantitative estimate of drug-likeness (QED) is 0.535. The molecule has 0 fully saturated rings. The molecular formula is C12H10ClNO. The van der Waals surface area contributed by atoms with Crippen LogP contribution in [0.4, 0.5) is 0 Å². The maximum absolute atomic E-state index is 11.7. The molecule has 2 rings (SSSR count). The van der Waals surface area contributed by atoms with Crippen LogP contribution in [0, 0.1) is 12.1 Å². The van der Waals surface area contributed by atoms with Crippen LogP contribution in [0.5, 0.6) is 0 Å². The Bertz CT molecular complexity index is 482. The molecule has 0 aliphatic heterocycles. The monoisotopic (exact) mass is 219 g/mol. The van der Waals surface area contributed by atoms with Crippen LogP contribution in [0.2, 0.25) is 5.02 Å². The second-order valence-electron chi connectivity index (χ2n) is 3.33. The van der Waals surface area contributed by atoms with Crippen molar-refractivity contribution < 1.29 is 4.73 Å². The average Bonchev–Trinajstić information content (AvgIpc) is 2.26. The standard InChI is InChI=1S/C12H10ClNO/c1-9-11(13)7-8-14(15)12(9)10-5-3-2-4-6-10/h2-8H,1H3. The molecule has 0 bridgehead atoms. The molecule has 0 unspecified atom stereocenters. The Kier molecular flexibility index (Phi) is 2.60. The summed E-state index contributed by atoms with van der Waals surface area (Å²) in [5.74, 6) is 0. The van der Waals surface area contributed by atoms with Crippen LogP contribution in [-0.2, 0) is 0 Å². The smallest absolute Gasteiger partial charge is 0.228 e. The van der Waals surface area contributed by atoms with Crippen molar-refractivity contribution in [2.75, 3.05) is 0 Å². The zero-order chi connectivity index (χ0) is 10.8. The Hall–Kier alpha value is -1.54. The van der Waals surface area contributed by atoms with Crippen LogP contribution in [0.15, 0.2) is 42.6 Å². The third kappa shape index (κ3) is 1.81. The Morgan fingerprint density at radius 1 is 1.13 bits per heavy atom. The van der Waals surface area contributed by atoms with E-state index in [1.807, 2.05) is 37.3 Å².